The predicted octanol–water partition coefficient (Wildman–Crippen LogP) is 4.24. The summed E-state index contributed by atoms with van der Waals surface area (Å²) >= 11 is 0. The smallest absolute Gasteiger partial charge is 0.309 e. The van der Waals surface area contributed by atoms with Gasteiger partial charge in [-0.2, -0.15) is 10.2 Å². The monoisotopic (exact) mass is 456 g/mol. The fourth-order valence-electron chi connectivity index (χ4n) is 5.50. The summed E-state index contributed by atoms with van der Waals surface area (Å²) in [6.07, 6.45) is 1.07. The van der Waals surface area contributed by atoms with Crippen LogP contribution in [0.2, 0.25) is 0 Å². The van der Waals surface area contributed by atoms with Crippen LogP contribution >= 0.6 is 0 Å². The number of carboxylic acid groups (broad SMARTS) is 1. The zero-order chi connectivity index (χ0) is 23.6. The average molecular weight is 457 g/mol. The molecule has 3 unspecified atom stereocenters. The predicted molar refractivity (Wildman–Crippen MR) is 122 cm³/mol. The number of hydrogen-bond donors (Lipinski definition) is 1. The van der Waals surface area contributed by atoms with Crippen LogP contribution in [0.25, 0.3) is 22.8 Å². The van der Waals surface area contributed by atoms with Gasteiger partial charge in [-0.3, -0.25) is 9.69 Å². The van der Waals surface area contributed by atoms with Crippen molar-refractivity contribution in [1.29, 1.82) is 5.26 Å². The number of nitriles is 1. The molecule has 2 fully saturated rings. The van der Waals surface area contributed by atoms with Crippen LogP contribution in [0.1, 0.15) is 48.9 Å². The Hall–Kier alpha value is -3.70. The molecule has 0 radical (unpaired) electrons. The summed E-state index contributed by atoms with van der Waals surface area (Å²) < 4.78 is 11.3. The minimum absolute atomic E-state index is 0.0329. The molecule has 8 heteroatoms. The number of carboxylic acids is 1. The second-order valence-electron chi connectivity index (χ2n) is 9.66. The number of fused-ring (bicyclic) bond motifs is 3. The van der Waals surface area contributed by atoms with Gasteiger partial charge in [0.15, 0.2) is 0 Å². The maximum atomic E-state index is 11.3. The van der Waals surface area contributed by atoms with E-state index in [0.717, 1.165) is 12.0 Å². The van der Waals surface area contributed by atoms with Crippen LogP contribution in [0.5, 0.6) is 5.75 Å². The second-order valence-corrected chi connectivity index (χ2v) is 9.66. The summed E-state index contributed by atoms with van der Waals surface area (Å²) in [5.74, 6) is 1.44. The van der Waals surface area contributed by atoms with Crippen molar-refractivity contribution in [3.63, 3.8) is 0 Å². The first-order valence-corrected chi connectivity index (χ1v) is 11.6. The Bertz CT molecular complexity index is 1330. The van der Waals surface area contributed by atoms with Gasteiger partial charge in [0.2, 0.25) is 5.82 Å². The fourth-order valence-corrected chi connectivity index (χ4v) is 5.50. The Morgan fingerprint density at radius 2 is 2.12 bits per heavy atom. The topological polar surface area (TPSA) is 112 Å². The van der Waals surface area contributed by atoms with E-state index in [-0.39, 0.29) is 18.1 Å². The van der Waals surface area contributed by atoms with E-state index in [4.69, 9.17) is 9.26 Å². The van der Waals surface area contributed by atoms with Gasteiger partial charge in [-0.05, 0) is 61.4 Å². The number of hydrogen-bond acceptors (Lipinski definition) is 7. The standard InChI is InChI=1S/C26H24N4O4/c1-13(2)33-21-7-6-14(8-15(21)10-27)25-28-24(29-34-25)18-5-3-4-17-22(18)19-9-20(19)23(17)30-11-16(12-30)26(31)32/h3-8,13,16,19-20,23H,9,11-12H2,1-2H3,(H,31,32). The van der Waals surface area contributed by atoms with E-state index in [9.17, 15) is 15.2 Å². The molecule has 3 aliphatic rings. The molecule has 3 atom stereocenters. The van der Waals surface area contributed by atoms with Crippen molar-refractivity contribution < 1.29 is 19.2 Å². The number of aromatic nitrogens is 2. The van der Waals surface area contributed by atoms with Gasteiger partial charge in [-0.25, -0.2) is 0 Å². The minimum atomic E-state index is -0.710. The van der Waals surface area contributed by atoms with E-state index in [0.29, 0.717) is 53.5 Å². The first kappa shape index (κ1) is 20.9. The quantitative estimate of drug-likeness (QED) is 0.586. The molecule has 0 bridgehead atoms. The number of benzene rings is 2. The molecule has 2 aliphatic carbocycles. The van der Waals surface area contributed by atoms with Crippen molar-refractivity contribution in [2.75, 3.05) is 13.1 Å². The highest BCUT2D eigenvalue weighted by Gasteiger charge is 2.57. The van der Waals surface area contributed by atoms with Crippen molar-refractivity contribution in [3.05, 3.63) is 53.1 Å². The van der Waals surface area contributed by atoms with E-state index in [1.54, 1.807) is 12.1 Å². The summed E-state index contributed by atoms with van der Waals surface area (Å²) in [7, 11) is 0. The van der Waals surface area contributed by atoms with E-state index in [1.165, 1.54) is 11.1 Å². The lowest BCUT2D eigenvalue weighted by Gasteiger charge is -2.42. The maximum Gasteiger partial charge on any atom is 0.309 e. The lowest BCUT2D eigenvalue weighted by atomic mass is 9.91. The molecule has 1 aromatic heterocycles. The van der Waals surface area contributed by atoms with Gasteiger partial charge in [-0.1, -0.05) is 23.4 Å². The van der Waals surface area contributed by atoms with E-state index < -0.39 is 5.97 Å². The third-order valence-electron chi connectivity index (χ3n) is 7.10. The summed E-state index contributed by atoms with van der Waals surface area (Å²) in [5.41, 5.74) is 4.59. The molecular weight excluding hydrogens is 432 g/mol. The molecule has 2 aromatic carbocycles. The summed E-state index contributed by atoms with van der Waals surface area (Å²) in [6, 6.07) is 13.9. The van der Waals surface area contributed by atoms with Crippen molar-refractivity contribution in [1.82, 2.24) is 15.0 Å². The largest absolute Gasteiger partial charge is 0.490 e. The molecule has 1 aliphatic heterocycles. The first-order chi connectivity index (χ1) is 16.4. The number of likely N-dealkylation sites (tertiary alicyclic amines) is 1. The molecule has 3 aromatic rings. The zero-order valence-corrected chi connectivity index (χ0v) is 18.9. The fraction of sp³-hybridized carbons (Fsp3) is 0.385. The van der Waals surface area contributed by atoms with Gasteiger partial charge in [0, 0.05) is 30.3 Å². The Kier molecular flexibility index (Phi) is 4.71. The van der Waals surface area contributed by atoms with Crippen molar-refractivity contribution in [2.45, 2.75) is 38.3 Å². The summed E-state index contributed by atoms with van der Waals surface area (Å²) in [4.78, 5) is 18.2. The number of nitrogens with zero attached hydrogens (tertiary/aromatic N) is 4. The Morgan fingerprint density at radius 3 is 2.85 bits per heavy atom. The first-order valence-electron chi connectivity index (χ1n) is 11.6. The molecule has 0 amide bonds. The second kappa shape index (κ2) is 7.67. The molecule has 8 nitrogen and oxygen atoms in total. The molecular formula is C26H24N4O4. The Balaban J connectivity index is 1.30. The minimum Gasteiger partial charge on any atom is -0.490 e. The van der Waals surface area contributed by atoms with Crippen molar-refractivity contribution >= 4 is 5.97 Å². The van der Waals surface area contributed by atoms with Gasteiger partial charge in [-0.15, -0.1) is 0 Å². The van der Waals surface area contributed by atoms with E-state index in [1.807, 2.05) is 32.0 Å². The molecule has 1 saturated heterocycles. The van der Waals surface area contributed by atoms with Crippen LogP contribution in [0, 0.1) is 23.2 Å². The number of ether oxygens (including phenoxy) is 1. The van der Waals surface area contributed by atoms with Crippen LogP contribution in [0.15, 0.2) is 40.9 Å². The number of rotatable bonds is 6. The van der Waals surface area contributed by atoms with E-state index >= 15 is 0 Å². The molecule has 1 saturated carbocycles. The molecule has 172 valence electrons. The zero-order valence-electron chi connectivity index (χ0n) is 18.9. The highest BCUT2D eigenvalue weighted by atomic mass is 16.5. The Morgan fingerprint density at radius 1 is 1.29 bits per heavy atom. The third-order valence-corrected chi connectivity index (χ3v) is 7.10. The Labute approximate surface area is 196 Å². The van der Waals surface area contributed by atoms with Crippen LogP contribution in [-0.2, 0) is 4.79 Å². The van der Waals surface area contributed by atoms with Crippen LogP contribution < -0.4 is 4.74 Å². The highest BCUT2D eigenvalue weighted by Crippen LogP contribution is 2.65. The van der Waals surface area contributed by atoms with Crippen molar-refractivity contribution in [3.8, 4) is 34.7 Å². The average Bonchev–Trinajstić information content (AvgIpc) is 3.27. The van der Waals surface area contributed by atoms with Gasteiger partial charge < -0.3 is 14.4 Å². The maximum absolute atomic E-state index is 11.3. The SMILES string of the molecule is CC(C)Oc1ccc(-c2nc(-c3cccc4c3C3CC3C4N3CC(C(=O)O)C3)no2)cc1C#N. The number of carbonyl (C=O) groups is 1. The van der Waals surface area contributed by atoms with Crippen LogP contribution in [0.4, 0.5) is 0 Å². The van der Waals surface area contributed by atoms with Gasteiger partial charge in [0.1, 0.15) is 11.8 Å². The normalized spacial score (nSPS) is 23.2. The molecule has 1 N–H and O–H groups in total. The van der Waals surface area contributed by atoms with Gasteiger partial charge >= 0.3 is 5.97 Å². The molecule has 6 rings (SSSR count). The molecule has 2 heterocycles. The lowest BCUT2D eigenvalue weighted by molar-refractivity contribution is -0.149. The molecule has 34 heavy (non-hydrogen) atoms. The van der Waals surface area contributed by atoms with Gasteiger partial charge in [0.05, 0.1) is 17.6 Å². The lowest BCUT2D eigenvalue weighted by Crippen LogP contribution is -2.51. The van der Waals surface area contributed by atoms with Crippen LogP contribution in [-0.4, -0.2) is 45.3 Å². The number of aliphatic carboxylic acids is 1. The van der Waals surface area contributed by atoms with Crippen molar-refractivity contribution in [2.24, 2.45) is 11.8 Å². The molecule has 0 spiro atoms. The van der Waals surface area contributed by atoms with Gasteiger partial charge in [0.25, 0.3) is 5.89 Å². The third kappa shape index (κ3) is 3.27. The summed E-state index contributed by atoms with van der Waals surface area (Å²) in [6.45, 7) is 5.05. The highest BCUT2D eigenvalue weighted by molar-refractivity contribution is 5.72. The summed E-state index contributed by atoms with van der Waals surface area (Å²) in [5, 5.41) is 23.1. The van der Waals surface area contributed by atoms with Crippen LogP contribution in [0.3, 0.4) is 0 Å². The van der Waals surface area contributed by atoms with E-state index in [2.05, 4.69) is 27.2 Å².